The summed E-state index contributed by atoms with van der Waals surface area (Å²) in [5.74, 6) is 1.52. The van der Waals surface area contributed by atoms with Crippen LogP contribution in [0.5, 0.6) is 0 Å². The number of aromatic amines is 1. The molecule has 5 nitrogen and oxygen atoms in total. The van der Waals surface area contributed by atoms with E-state index in [0.717, 1.165) is 42.8 Å². The average molecular weight is 314 g/mol. The molecule has 1 amide bonds. The number of nitrogens with zero attached hydrogens (tertiary/aromatic N) is 2. The molecule has 1 unspecified atom stereocenters. The summed E-state index contributed by atoms with van der Waals surface area (Å²) < 4.78 is 0. The number of carbonyl (C=O) groups excluding carboxylic acids is 1. The third-order valence-electron chi connectivity index (χ3n) is 4.18. The molecule has 0 aliphatic carbocycles. The molecule has 1 fully saturated rings. The van der Waals surface area contributed by atoms with E-state index in [1.807, 2.05) is 39.0 Å². The van der Waals surface area contributed by atoms with E-state index >= 15 is 0 Å². The lowest BCUT2D eigenvalue weighted by Gasteiger charge is -2.32. The summed E-state index contributed by atoms with van der Waals surface area (Å²) in [6, 6.07) is 8.13. The van der Waals surface area contributed by atoms with E-state index in [1.165, 1.54) is 0 Å². The molecule has 2 heterocycles. The Labute approximate surface area is 137 Å². The number of nitrogens with one attached hydrogen (secondary N) is 2. The summed E-state index contributed by atoms with van der Waals surface area (Å²) >= 11 is 0. The van der Waals surface area contributed by atoms with Crippen molar-refractivity contribution < 1.29 is 4.79 Å². The number of hydrogen-bond acceptors (Lipinski definition) is 3. The van der Waals surface area contributed by atoms with Crippen molar-refractivity contribution in [2.75, 3.05) is 19.6 Å². The SMILES string of the molecule is CC(C)(C)NC(=O)CN1CCCC(c2nc3ccccc3[nH]2)C1. The van der Waals surface area contributed by atoms with Crippen molar-refractivity contribution in [3.63, 3.8) is 0 Å². The minimum atomic E-state index is -0.176. The second-order valence-corrected chi connectivity index (χ2v) is 7.51. The third-order valence-corrected chi connectivity index (χ3v) is 4.18. The number of hydrogen-bond donors (Lipinski definition) is 2. The van der Waals surface area contributed by atoms with Crippen LogP contribution in [-0.4, -0.2) is 45.9 Å². The second-order valence-electron chi connectivity index (χ2n) is 7.51. The van der Waals surface area contributed by atoms with Crippen molar-refractivity contribution in [1.29, 1.82) is 0 Å². The van der Waals surface area contributed by atoms with Gasteiger partial charge in [-0.1, -0.05) is 12.1 Å². The Bertz CT molecular complexity index is 653. The Morgan fingerprint density at radius 2 is 2.17 bits per heavy atom. The van der Waals surface area contributed by atoms with Gasteiger partial charge in [0.2, 0.25) is 5.91 Å². The van der Waals surface area contributed by atoms with E-state index in [-0.39, 0.29) is 11.4 Å². The molecule has 0 bridgehead atoms. The Morgan fingerprint density at radius 3 is 2.91 bits per heavy atom. The third kappa shape index (κ3) is 4.10. The van der Waals surface area contributed by atoms with Gasteiger partial charge in [-0.15, -0.1) is 0 Å². The summed E-state index contributed by atoms with van der Waals surface area (Å²) in [5, 5.41) is 3.04. The van der Waals surface area contributed by atoms with Crippen LogP contribution >= 0.6 is 0 Å². The van der Waals surface area contributed by atoms with Crippen LogP contribution in [0.15, 0.2) is 24.3 Å². The molecule has 2 N–H and O–H groups in total. The number of rotatable bonds is 3. The minimum Gasteiger partial charge on any atom is -0.350 e. The molecule has 23 heavy (non-hydrogen) atoms. The Hall–Kier alpha value is -1.88. The zero-order valence-corrected chi connectivity index (χ0v) is 14.2. The number of benzene rings is 1. The number of likely N-dealkylation sites (tertiary alicyclic amines) is 1. The molecular formula is C18H26N4O. The molecule has 3 rings (SSSR count). The van der Waals surface area contributed by atoms with Gasteiger partial charge < -0.3 is 10.3 Å². The van der Waals surface area contributed by atoms with Crippen LogP contribution in [0.2, 0.25) is 0 Å². The second kappa shape index (κ2) is 6.32. The van der Waals surface area contributed by atoms with Gasteiger partial charge in [-0.25, -0.2) is 4.98 Å². The smallest absolute Gasteiger partial charge is 0.234 e. The zero-order chi connectivity index (χ0) is 16.4. The molecule has 0 spiro atoms. The quantitative estimate of drug-likeness (QED) is 0.915. The fraction of sp³-hybridized carbons (Fsp3) is 0.556. The molecular weight excluding hydrogens is 288 g/mol. The highest BCUT2D eigenvalue weighted by atomic mass is 16.2. The molecule has 0 saturated carbocycles. The monoisotopic (exact) mass is 314 g/mol. The van der Waals surface area contributed by atoms with Crippen molar-refractivity contribution in [2.24, 2.45) is 0 Å². The number of H-pyrrole nitrogens is 1. The van der Waals surface area contributed by atoms with Crippen molar-refractivity contribution >= 4 is 16.9 Å². The Balaban J connectivity index is 1.65. The zero-order valence-electron chi connectivity index (χ0n) is 14.2. The van der Waals surface area contributed by atoms with Gasteiger partial charge in [-0.05, 0) is 52.3 Å². The highest BCUT2D eigenvalue weighted by Gasteiger charge is 2.25. The first-order chi connectivity index (χ1) is 10.9. The standard InChI is InChI=1S/C18H26N4O/c1-18(2,3)21-16(23)12-22-10-6-7-13(11-22)17-19-14-8-4-5-9-15(14)20-17/h4-5,8-9,13H,6-7,10-12H2,1-3H3,(H,19,20)(H,21,23). The van der Waals surface area contributed by atoms with Crippen LogP contribution in [0.4, 0.5) is 0 Å². The minimum absolute atomic E-state index is 0.0998. The van der Waals surface area contributed by atoms with Crippen LogP contribution in [0.1, 0.15) is 45.4 Å². The largest absolute Gasteiger partial charge is 0.350 e. The lowest BCUT2D eigenvalue weighted by molar-refractivity contribution is -0.123. The summed E-state index contributed by atoms with van der Waals surface area (Å²) in [7, 11) is 0. The number of aromatic nitrogens is 2. The lowest BCUT2D eigenvalue weighted by Crippen LogP contribution is -2.47. The number of carbonyl (C=O) groups is 1. The van der Waals surface area contributed by atoms with Crippen molar-refractivity contribution in [3.05, 3.63) is 30.1 Å². The van der Waals surface area contributed by atoms with Gasteiger partial charge in [-0.3, -0.25) is 9.69 Å². The molecule has 1 aromatic heterocycles. The van der Waals surface area contributed by atoms with E-state index in [4.69, 9.17) is 4.98 Å². The van der Waals surface area contributed by atoms with Crippen LogP contribution < -0.4 is 5.32 Å². The normalized spacial score (nSPS) is 19.9. The van der Waals surface area contributed by atoms with Crippen LogP contribution in [0.25, 0.3) is 11.0 Å². The van der Waals surface area contributed by atoms with Crippen LogP contribution in [-0.2, 0) is 4.79 Å². The van der Waals surface area contributed by atoms with Crippen molar-refractivity contribution in [3.8, 4) is 0 Å². The number of amides is 1. The molecule has 1 saturated heterocycles. The number of fused-ring (bicyclic) bond motifs is 1. The fourth-order valence-electron chi connectivity index (χ4n) is 3.25. The molecule has 124 valence electrons. The van der Waals surface area contributed by atoms with Gasteiger partial charge in [0.05, 0.1) is 17.6 Å². The summed E-state index contributed by atoms with van der Waals surface area (Å²) in [6.45, 7) is 8.37. The maximum absolute atomic E-state index is 12.1. The number of imidazole rings is 1. The maximum atomic E-state index is 12.1. The molecule has 1 aliphatic heterocycles. The fourth-order valence-corrected chi connectivity index (χ4v) is 3.25. The van der Waals surface area contributed by atoms with Crippen LogP contribution in [0.3, 0.4) is 0 Å². The Morgan fingerprint density at radius 1 is 1.39 bits per heavy atom. The molecule has 1 aliphatic rings. The van der Waals surface area contributed by atoms with E-state index < -0.39 is 0 Å². The topological polar surface area (TPSA) is 61.0 Å². The van der Waals surface area contributed by atoms with Crippen molar-refractivity contribution in [2.45, 2.75) is 45.1 Å². The van der Waals surface area contributed by atoms with E-state index in [9.17, 15) is 4.79 Å². The number of para-hydroxylation sites is 2. The van der Waals surface area contributed by atoms with Crippen LogP contribution in [0, 0.1) is 0 Å². The molecule has 1 atom stereocenters. The molecule has 2 aromatic rings. The molecule has 5 heteroatoms. The van der Waals surface area contributed by atoms with Gasteiger partial charge in [0.15, 0.2) is 0 Å². The van der Waals surface area contributed by atoms with Gasteiger partial charge in [0, 0.05) is 18.0 Å². The first kappa shape index (κ1) is 16.0. The maximum Gasteiger partial charge on any atom is 0.234 e. The van der Waals surface area contributed by atoms with E-state index in [1.54, 1.807) is 0 Å². The van der Waals surface area contributed by atoms with Gasteiger partial charge in [0.1, 0.15) is 5.82 Å². The first-order valence-electron chi connectivity index (χ1n) is 8.39. The predicted molar refractivity (Wildman–Crippen MR) is 92.4 cm³/mol. The van der Waals surface area contributed by atoms with E-state index in [0.29, 0.717) is 12.5 Å². The highest BCUT2D eigenvalue weighted by molar-refractivity contribution is 5.78. The summed E-state index contributed by atoms with van der Waals surface area (Å²) in [6.07, 6.45) is 2.22. The molecule has 1 aromatic carbocycles. The van der Waals surface area contributed by atoms with Gasteiger partial charge in [0.25, 0.3) is 0 Å². The van der Waals surface area contributed by atoms with Crippen molar-refractivity contribution in [1.82, 2.24) is 20.2 Å². The predicted octanol–water partition coefficient (Wildman–Crippen LogP) is 2.66. The Kier molecular flexibility index (Phi) is 4.39. The number of piperidine rings is 1. The van der Waals surface area contributed by atoms with Gasteiger partial charge >= 0.3 is 0 Å². The average Bonchev–Trinajstić information content (AvgIpc) is 2.89. The lowest BCUT2D eigenvalue weighted by atomic mass is 9.97. The van der Waals surface area contributed by atoms with Gasteiger partial charge in [-0.2, -0.15) is 0 Å². The summed E-state index contributed by atoms with van der Waals surface area (Å²) in [5.41, 5.74) is 1.93. The van der Waals surface area contributed by atoms with E-state index in [2.05, 4.69) is 21.3 Å². The first-order valence-corrected chi connectivity index (χ1v) is 8.39. The highest BCUT2D eigenvalue weighted by Crippen LogP contribution is 2.26. The summed E-state index contributed by atoms with van der Waals surface area (Å²) in [4.78, 5) is 22.5. The molecule has 0 radical (unpaired) electrons.